The second-order valence-electron chi connectivity index (χ2n) is 7.44. The lowest BCUT2D eigenvalue weighted by Crippen LogP contribution is -2.47. The quantitative estimate of drug-likeness (QED) is 0.792. The van der Waals surface area contributed by atoms with E-state index in [1.807, 2.05) is 0 Å². The van der Waals surface area contributed by atoms with Crippen molar-refractivity contribution in [1.29, 1.82) is 0 Å². The number of rotatable bonds is 5. The highest BCUT2D eigenvalue weighted by Crippen LogP contribution is 2.31. The van der Waals surface area contributed by atoms with Gasteiger partial charge in [0, 0.05) is 31.1 Å². The van der Waals surface area contributed by atoms with Gasteiger partial charge >= 0.3 is 0 Å². The third-order valence-corrected chi connectivity index (χ3v) is 6.00. The molecule has 1 saturated heterocycles. The van der Waals surface area contributed by atoms with Crippen molar-refractivity contribution in [2.75, 3.05) is 19.6 Å². The number of carbonyl (C=O) groups excluding carboxylic acids is 1. The van der Waals surface area contributed by atoms with Gasteiger partial charge in [0.25, 0.3) is 0 Å². The molecule has 0 bridgehead atoms. The van der Waals surface area contributed by atoms with Gasteiger partial charge in [0.1, 0.15) is 0 Å². The molecule has 1 heterocycles. The van der Waals surface area contributed by atoms with Gasteiger partial charge in [-0.2, -0.15) is 0 Å². The summed E-state index contributed by atoms with van der Waals surface area (Å²) in [6.45, 7) is 5.02. The minimum atomic E-state index is 0. The summed E-state index contributed by atoms with van der Waals surface area (Å²) < 4.78 is 0. The fourth-order valence-corrected chi connectivity index (χ4v) is 4.35. The SMILES string of the molecule is CC(c1ccccc1)N1CCC(NC(=O)[C@@H]2CCC[C@@H]2CN)CC1.Cl.Cl. The lowest BCUT2D eigenvalue weighted by atomic mass is 9.94. The molecule has 0 spiro atoms. The van der Waals surface area contributed by atoms with Crippen LogP contribution in [0.2, 0.25) is 0 Å². The summed E-state index contributed by atoms with van der Waals surface area (Å²) in [5.74, 6) is 0.789. The topological polar surface area (TPSA) is 58.4 Å². The Hall–Kier alpha value is -0.810. The van der Waals surface area contributed by atoms with Crippen molar-refractivity contribution in [3.8, 4) is 0 Å². The Morgan fingerprint density at radius 2 is 1.81 bits per heavy atom. The zero-order chi connectivity index (χ0) is 16.9. The number of nitrogens with two attached hydrogens (primary N) is 1. The van der Waals surface area contributed by atoms with Crippen LogP contribution in [0.15, 0.2) is 30.3 Å². The van der Waals surface area contributed by atoms with Gasteiger partial charge in [-0.05, 0) is 50.6 Å². The second kappa shape index (κ2) is 11.1. The van der Waals surface area contributed by atoms with Gasteiger partial charge in [-0.25, -0.2) is 0 Å². The Morgan fingerprint density at radius 1 is 1.15 bits per heavy atom. The van der Waals surface area contributed by atoms with Crippen molar-refractivity contribution in [3.63, 3.8) is 0 Å². The molecule has 0 radical (unpaired) electrons. The normalized spacial score (nSPS) is 25.0. The average Bonchev–Trinajstić information content (AvgIpc) is 3.11. The molecule has 1 unspecified atom stereocenters. The fraction of sp³-hybridized carbons (Fsp3) is 0.650. The number of amides is 1. The third-order valence-electron chi connectivity index (χ3n) is 6.00. The molecule has 1 aromatic rings. The fourth-order valence-electron chi connectivity index (χ4n) is 4.35. The number of benzene rings is 1. The van der Waals surface area contributed by atoms with Crippen LogP contribution < -0.4 is 11.1 Å². The smallest absolute Gasteiger partial charge is 0.223 e. The van der Waals surface area contributed by atoms with Crippen molar-refractivity contribution < 1.29 is 4.79 Å². The molecule has 1 amide bonds. The maximum Gasteiger partial charge on any atom is 0.223 e. The number of carbonyl (C=O) groups is 1. The average molecular weight is 402 g/mol. The molecular weight excluding hydrogens is 369 g/mol. The molecule has 1 aliphatic carbocycles. The van der Waals surface area contributed by atoms with Crippen LogP contribution in [0, 0.1) is 11.8 Å². The number of halogens is 2. The van der Waals surface area contributed by atoms with Gasteiger partial charge < -0.3 is 11.1 Å². The molecule has 6 heteroatoms. The van der Waals surface area contributed by atoms with Crippen LogP contribution in [-0.2, 0) is 4.79 Å². The van der Waals surface area contributed by atoms with E-state index in [1.165, 1.54) is 5.56 Å². The molecule has 0 aromatic heterocycles. The van der Waals surface area contributed by atoms with Crippen molar-refractivity contribution in [2.24, 2.45) is 17.6 Å². The van der Waals surface area contributed by atoms with Crippen LogP contribution in [-0.4, -0.2) is 36.5 Å². The summed E-state index contributed by atoms with van der Waals surface area (Å²) in [5.41, 5.74) is 7.19. The van der Waals surface area contributed by atoms with E-state index in [0.29, 0.717) is 24.5 Å². The predicted octanol–water partition coefficient (Wildman–Crippen LogP) is 3.55. The van der Waals surface area contributed by atoms with Crippen LogP contribution in [0.3, 0.4) is 0 Å². The van der Waals surface area contributed by atoms with Gasteiger partial charge in [-0.15, -0.1) is 24.8 Å². The number of nitrogens with zero attached hydrogens (tertiary/aromatic N) is 1. The first-order valence-corrected chi connectivity index (χ1v) is 9.48. The zero-order valence-electron chi connectivity index (χ0n) is 15.6. The van der Waals surface area contributed by atoms with Gasteiger partial charge in [0.05, 0.1) is 0 Å². The molecule has 148 valence electrons. The van der Waals surface area contributed by atoms with E-state index < -0.39 is 0 Å². The molecule has 26 heavy (non-hydrogen) atoms. The molecule has 4 nitrogen and oxygen atoms in total. The van der Waals surface area contributed by atoms with Gasteiger partial charge in [0.15, 0.2) is 0 Å². The van der Waals surface area contributed by atoms with Crippen LogP contribution in [0.4, 0.5) is 0 Å². The Labute approximate surface area is 170 Å². The minimum Gasteiger partial charge on any atom is -0.353 e. The number of hydrogen-bond acceptors (Lipinski definition) is 3. The number of nitrogens with one attached hydrogen (secondary N) is 1. The highest BCUT2D eigenvalue weighted by atomic mass is 35.5. The third kappa shape index (κ3) is 5.59. The molecular formula is C20H33Cl2N3O. The van der Waals surface area contributed by atoms with Crippen molar-refractivity contribution in [3.05, 3.63) is 35.9 Å². The number of likely N-dealkylation sites (tertiary alicyclic amines) is 1. The van der Waals surface area contributed by atoms with E-state index in [2.05, 4.69) is 47.5 Å². The van der Waals surface area contributed by atoms with Crippen LogP contribution in [0.1, 0.15) is 50.6 Å². The first kappa shape index (κ1) is 23.2. The standard InChI is InChI=1S/C20H31N3O.2ClH/c1-15(16-6-3-2-4-7-16)23-12-10-18(11-13-23)22-20(24)19-9-5-8-17(19)14-21;;/h2-4,6-7,15,17-19H,5,8-14,21H2,1H3,(H,22,24);2*1H/t15?,17-,19-;;/m1../s1. The second-order valence-corrected chi connectivity index (χ2v) is 7.44. The van der Waals surface area contributed by atoms with Crippen LogP contribution >= 0.6 is 24.8 Å². The Morgan fingerprint density at radius 3 is 2.42 bits per heavy atom. The van der Waals surface area contributed by atoms with E-state index in [9.17, 15) is 4.79 Å². The Bertz CT molecular complexity index is 535. The summed E-state index contributed by atoms with van der Waals surface area (Å²) in [6.07, 6.45) is 5.36. The molecule has 1 aliphatic heterocycles. The highest BCUT2D eigenvalue weighted by molar-refractivity contribution is 5.85. The summed E-state index contributed by atoms with van der Waals surface area (Å²) in [7, 11) is 0. The molecule has 2 fully saturated rings. The van der Waals surface area contributed by atoms with Gasteiger partial charge in [0.2, 0.25) is 5.91 Å². The van der Waals surface area contributed by atoms with Crippen molar-refractivity contribution >= 4 is 30.7 Å². The van der Waals surface area contributed by atoms with E-state index in [1.54, 1.807) is 0 Å². The largest absolute Gasteiger partial charge is 0.353 e. The predicted molar refractivity (Wildman–Crippen MR) is 112 cm³/mol. The maximum absolute atomic E-state index is 12.5. The molecule has 2 aliphatic rings. The summed E-state index contributed by atoms with van der Waals surface area (Å²) in [5, 5.41) is 3.30. The first-order valence-electron chi connectivity index (χ1n) is 9.48. The maximum atomic E-state index is 12.5. The Balaban J connectivity index is 0.00000169. The summed E-state index contributed by atoms with van der Waals surface area (Å²) in [6, 6.07) is 11.4. The molecule has 3 N–H and O–H groups in total. The van der Waals surface area contributed by atoms with Crippen LogP contribution in [0.5, 0.6) is 0 Å². The Kier molecular flexibility index (Phi) is 9.94. The monoisotopic (exact) mass is 401 g/mol. The van der Waals surface area contributed by atoms with Crippen LogP contribution in [0.25, 0.3) is 0 Å². The molecule has 1 aromatic carbocycles. The molecule has 1 saturated carbocycles. The minimum absolute atomic E-state index is 0. The van der Waals surface area contributed by atoms with Gasteiger partial charge in [-0.3, -0.25) is 9.69 Å². The van der Waals surface area contributed by atoms with Crippen molar-refractivity contribution in [1.82, 2.24) is 10.2 Å². The van der Waals surface area contributed by atoms with E-state index in [-0.39, 0.29) is 36.6 Å². The summed E-state index contributed by atoms with van der Waals surface area (Å²) >= 11 is 0. The van der Waals surface area contributed by atoms with Gasteiger partial charge in [-0.1, -0.05) is 36.8 Å². The summed E-state index contributed by atoms with van der Waals surface area (Å²) in [4.78, 5) is 15.1. The lowest BCUT2D eigenvalue weighted by molar-refractivity contribution is -0.127. The van der Waals surface area contributed by atoms with Crippen molar-refractivity contribution in [2.45, 2.75) is 51.1 Å². The highest BCUT2D eigenvalue weighted by Gasteiger charge is 2.33. The number of hydrogen-bond donors (Lipinski definition) is 2. The van der Waals surface area contributed by atoms with E-state index in [4.69, 9.17) is 5.73 Å². The van der Waals surface area contributed by atoms with E-state index in [0.717, 1.165) is 45.2 Å². The number of piperidine rings is 1. The first-order chi connectivity index (χ1) is 11.7. The lowest BCUT2D eigenvalue weighted by Gasteiger charge is -2.37. The zero-order valence-corrected chi connectivity index (χ0v) is 17.2. The van der Waals surface area contributed by atoms with E-state index >= 15 is 0 Å². The molecule has 3 rings (SSSR count). The molecule has 3 atom stereocenters.